The molecule has 150 valence electrons. The van der Waals surface area contributed by atoms with E-state index >= 15 is 0 Å². The number of imidazole rings is 1. The number of para-hydroxylation sites is 1. The molecule has 0 aliphatic heterocycles. The third-order valence-corrected chi connectivity index (χ3v) is 5.16. The molecule has 0 aliphatic rings. The highest BCUT2D eigenvalue weighted by molar-refractivity contribution is 7.98. The zero-order valence-electron chi connectivity index (χ0n) is 16.9. The summed E-state index contributed by atoms with van der Waals surface area (Å²) in [6, 6.07) is 13.6. The lowest BCUT2D eigenvalue weighted by Gasteiger charge is -2.14. The van der Waals surface area contributed by atoms with Crippen LogP contribution >= 0.6 is 11.8 Å². The summed E-state index contributed by atoms with van der Waals surface area (Å²) in [5, 5.41) is 6.30. The van der Waals surface area contributed by atoms with E-state index in [9.17, 15) is 9.59 Å². The number of benzene rings is 2. The largest absolute Gasteiger partial charge is 0.342 e. The predicted molar refractivity (Wildman–Crippen MR) is 117 cm³/mol. The molecule has 0 bridgehead atoms. The highest BCUT2D eigenvalue weighted by Crippen LogP contribution is 2.22. The molecule has 3 aromatic rings. The zero-order chi connectivity index (χ0) is 21.0. The number of nitrogens with zero attached hydrogens (tertiary/aromatic N) is 2. The molecule has 1 heterocycles. The Hall–Kier alpha value is -3.06. The van der Waals surface area contributed by atoms with Crippen LogP contribution in [0.4, 0.5) is 5.69 Å². The van der Waals surface area contributed by atoms with Gasteiger partial charge in [-0.3, -0.25) is 14.2 Å². The summed E-state index contributed by atoms with van der Waals surface area (Å²) < 4.78 is 1.78. The van der Waals surface area contributed by atoms with Crippen molar-refractivity contribution in [2.75, 3.05) is 18.1 Å². The molecule has 0 saturated heterocycles. The van der Waals surface area contributed by atoms with Crippen LogP contribution < -0.4 is 10.6 Å². The number of nitrogens with one attached hydrogen (secondary N) is 2. The second kappa shape index (κ2) is 8.96. The Balaban J connectivity index is 1.72. The van der Waals surface area contributed by atoms with Gasteiger partial charge >= 0.3 is 0 Å². The first-order chi connectivity index (χ1) is 13.9. The van der Waals surface area contributed by atoms with E-state index < -0.39 is 0 Å². The lowest BCUT2D eigenvalue weighted by molar-refractivity contribution is -0.115. The van der Waals surface area contributed by atoms with Gasteiger partial charge in [-0.15, -0.1) is 0 Å². The first-order valence-electron chi connectivity index (χ1n) is 9.23. The molecule has 3 rings (SSSR count). The van der Waals surface area contributed by atoms with Gasteiger partial charge in [-0.25, -0.2) is 4.98 Å². The van der Waals surface area contributed by atoms with Crippen LogP contribution in [0.5, 0.6) is 0 Å². The van der Waals surface area contributed by atoms with Crippen LogP contribution in [-0.2, 0) is 4.79 Å². The maximum absolute atomic E-state index is 12.7. The van der Waals surface area contributed by atoms with Crippen molar-refractivity contribution in [2.24, 2.45) is 0 Å². The molecule has 1 aromatic heterocycles. The van der Waals surface area contributed by atoms with Gasteiger partial charge in [0.25, 0.3) is 5.91 Å². The topological polar surface area (TPSA) is 76.0 Å². The number of hydrogen-bond donors (Lipinski definition) is 2. The normalized spacial score (nSPS) is 10.6. The molecule has 29 heavy (non-hydrogen) atoms. The summed E-state index contributed by atoms with van der Waals surface area (Å²) in [5.41, 5.74) is 5.15. The van der Waals surface area contributed by atoms with Crippen molar-refractivity contribution >= 4 is 29.3 Å². The first-order valence-corrected chi connectivity index (χ1v) is 10.5. The monoisotopic (exact) mass is 408 g/mol. The summed E-state index contributed by atoms with van der Waals surface area (Å²) >= 11 is 1.45. The van der Waals surface area contributed by atoms with Crippen molar-refractivity contribution in [3.05, 3.63) is 71.0 Å². The maximum atomic E-state index is 12.7. The average Bonchev–Trinajstić information content (AvgIpc) is 3.13. The number of anilines is 1. The van der Waals surface area contributed by atoms with Gasteiger partial charge in [0.05, 0.1) is 12.7 Å². The molecule has 0 radical (unpaired) electrons. The number of thioether (sulfide) groups is 1. The third-order valence-electron chi connectivity index (χ3n) is 4.51. The van der Waals surface area contributed by atoms with E-state index in [1.807, 2.05) is 69.5 Å². The molecule has 2 N–H and O–H groups in total. The van der Waals surface area contributed by atoms with Crippen molar-refractivity contribution in [2.45, 2.75) is 25.9 Å². The van der Waals surface area contributed by atoms with Crippen molar-refractivity contribution in [1.82, 2.24) is 14.9 Å². The molecule has 2 amide bonds. The minimum absolute atomic E-state index is 0.125. The molecule has 0 atom stereocenters. The van der Waals surface area contributed by atoms with Crippen LogP contribution in [0.15, 0.2) is 53.8 Å². The lowest BCUT2D eigenvalue weighted by Crippen LogP contribution is -2.34. The van der Waals surface area contributed by atoms with Gasteiger partial charge in [0.1, 0.15) is 5.69 Å². The Morgan fingerprint density at radius 3 is 2.34 bits per heavy atom. The van der Waals surface area contributed by atoms with E-state index in [1.54, 1.807) is 4.57 Å². The van der Waals surface area contributed by atoms with E-state index in [0.29, 0.717) is 10.9 Å². The highest BCUT2D eigenvalue weighted by Gasteiger charge is 2.18. The fourth-order valence-electron chi connectivity index (χ4n) is 3.28. The molecule has 0 saturated carbocycles. The van der Waals surface area contributed by atoms with Gasteiger partial charge < -0.3 is 10.6 Å². The standard InChI is InChI=1S/C22H24N4O2S/c1-14-10-15(2)20(16(3)11-14)25-19(27)13-23-21(28)18-12-24-22(29-4)26(18)17-8-6-5-7-9-17/h5-12H,13H2,1-4H3,(H,23,28)(H,25,27). The van der Waals surface area contributed by atoms with Gasteiger partial charge in [0.15, 0.2) is 5.16 Å². The van der Waals surface area contributed by atoms with Crippen LogP contribution in [0, 0.1) is 20.8 Å². The number of rotatable bonds is 6. The Kier molecular flexibility index (Phi) is 6.39. The number of amides is 2. The highest BCUT2D eigenvalue weighted by atomic mass is 32.2. The molecule has 0 spiro atoms. The van der Waals surface area contributed by atoms with E-state index in [2.05, 4.69) is 15.6 Å². The quantitative estimate of drug-likeness (QED) is 0.607. The predicted octanol–water partition coefficient (Wildman–Crippen LogP) is 3.89. The van der Waals surface area contributed by atoms with Crippen molar-refractivity contribution in [1.29, 1.82) is 0 Å². The van der Waals surface area contributed by atoms with Crippen molar-refractivity contribution in [3.63, 3.8) is 0 Å². The average molecular weight is 409 g/mol. The van der Waals surface area contributed by atoms with Gasteiger partial charge in [0.2, 0.25) is 5.91 Å². The fourth-order valence-corrected chi connectivity index (χ4v) is 3.82. The number of carbonyl (C=O) groups is 2. The molecule has 0 unspecified atom stereocenters. The fraction of sp³-hybridized carbons (Fsp3) is 0.227. The van der Waals surface area contributed by atoms with E-state index in [0.717, 1.165) is 28.1 Å². The van der Waals surface area contributed by atoms with Gasteiger partial charge in [-0.1, -0.05) is 47.7 Å². The lowest BCUT2D eigenvalue weighted by atomic mass is 10.1. The van der Waals surface area contributed by atoms with Gasteiger partial charge in [-0.05, 0) is 50.3 Å². The van der Waals surface area contributed by atoms with Crippen molar-refractivity contribution < 1.29 is 9.59 Å². The molecular weight excluding hydrogens is 384 g/mol. The second-order valence-electron chi connectivity index (χ2n) is 6.81. The number of aromatic nitrogens is 2. The Labute approximate surface area is 174 Å². The van der Waals surface area contributed by atoms with Crippen LogP contribution in [0.1, 0.15) is 27.2 Å². The molecular formula is C22H24N4O2S. The summed E-state index contributed by atoms with van der Waals surface area (Å²) in [4.78, 5) is 29.5. The molecule has 0 aliphatic carbocycles. The zero-order valence-corrected chi connectivity index (χ0v) is 17.8. The van der Waals surface area contributed by atoms with Gasteiger partial charge in [-0.2, -0.15) is 0 Å². The Bertz CT molecular complexity index is 1020. The van der Waals surface area contributed by atoms with E-state index in [1.165, 1.54) is 18.0 Å². The Morgan fingerprint density at radius 2 is 1.72 bits per heavy atom. The molecule has 7 heteroatoms. The minimum atomic E-state index is -0.353. The van der Waals surface area contributed by atoms with E-state index in [4.69, 9.17) is 0 Å². The summed E-state index contributed by atoms with van der Waals surface area (Å²) in [6.07, 6.45) is 3.43. The minimum Gasteiger partial charge on any atom is -0.342 e. The maximum Gasteiger partial charge on any atom is 0.270 e. The molecule has 6 nitrogen and oxygen atoms in total. The molecule has 0 fully saturated rings. The first kappa shape index (κ1) is 20.7. The van der Waals surface area contributed by atoms with Gasteiger partial charge in [0, 0.05) is 11.4 Å². The number of aryl methyl sites for hydroxylation is 3. The number of hydrogen-bond acceptors (Lipinski definition) is 4. The Morgan fingerprint density at radius 1 is 1.07 bits per heavy atom. The van der Waals surface area contributed by atoms with E-state index in [-0.39, 0.29) is 18.4 Å². The smallest absolute Gasteiger partial charge is 0.270 e. The van der Waals surface area contributed by atoms with Crippen molar-refractivity contribution in [3.8, 4) is 5.69 Å². The number of carbonyl (C=O) groups excluding carboxylic acids is 2. The summed E-state index contributed by atoms with van der Waals surface area (Å²) in [6.45, 7) is 5.80. The van der Waals surface area contributed by atoms with Crippen LogP contribution in [0.25, 0.3) is 5.69 Å². The van der Waals surface area contributed by atoms with Crippen LogP contribution in [-0.4, -0.2) is 34.2 Å². The molecule has 2 aromatic carbocycles. The summed E-state index contributed by atoms with van der Waals surface area (Å²) in [5.74, 6) is -0.626. The second-order valence-corrected chi connectivity index (χ2v) is 7.58. The summed E-state index contributed by atoms with van der Waals surface area (Å²) in [7, 11) is 0. The van der Waals surface area contributed by atoms with Crippen LogP contribution in [0.3, 0.4) is 0 Å². The van der Waals surface area contributed by atoms with Crippen LogP contribution in [0.2, 0.25) is 0 Å². The SMILES string of the molecule is CSc1ncc(C(=O)NCC(=O)Nc2c(C)cc(C)cc2C)n1-c1ccccc1. The third kappa shape index (κ3) is 4.68.